The molecule has 4 saturated carbocycles. The lowest BCUT2D eigenvalue weighted by Gasteiger charge is -2.61. The summed E-state index contributed by atoms with van der Waals surface area (Å²) < 4.78 is 0. The molecule has 1 nitrogen and oxygen atoms in total. The number of benzene rings is 8. The second-order valence-corrected chi connectivity index (χ2v) is 21.4. The van der Waals surface area contributed by atoms with Crippen LogP contribution in [0.2, 0.25) is 0 Å². The van der Waals surface area contributed by atoms with Gasteiger partial charge < -0.3 is 4.90 Å². The van der Waals surface area contributed by atoms with Crippen LogP contribution in [0.25, 0.3) is 33.4 Å². The minimum atomic E-state index is -0.481. The van der Waals surface area contributed by atoms with E-state index in [4.69, 9.17) is 0 Å². The monoisotopic (exact) mass is 837 g/mol. The number of fused-ring (bicyclic) bond motifs is 12. The van der Waals surface area contributed by atoms with E-state index in [1.807, 2.05) is 0 Å². The van der Waals surface area contributed by atoms with Crippen molar-refractivity contribution >= 4 is 17.1 Å². The highest BCUT2D eigenvalue weighted by Crippen LogP contribution is 2.70. The lowest BCUT2D eigenvalue weighted by Crippen LogP contribution is -2.55. The van der Waals surface area contributed by atoms with Gasteiger partial charge in [-0.3, -0.25) is 0 Å². The Labute approximate surface area is 384 Å². The van der Waals surface area contributed by atoms with Gasteiger partial charge >= 0.3 is 0 Å². The highest BCUT2D eigenvalue weighted by atomic mass is 15.1. The molecule has 0 aliphatic heterocycles. The zero-order chi connectivity index (χ0) is 43.4. The van der Waals surface area contributed by atoms with Gasteiger partial charge in [0.25, 0.3) is 0 Å². The van der Waals surface area contributed by atoms with Crippen molar-refractivity contribution in [2.45, 2.75) is 76.0 Å². The SMILES string of the molecule is Cc1ccc2c(c1)C(C)(C)c1cc(C)ccc1C21c2ccccc2-c2ccc(N(c3cccc(-c4ccccc4)c3)c3ccc4c(c3)C3(c5ccccc5-4)C4CC5CC(C4)CC3C5)cc21. The van der Waals surface area contributed by atoms with Crippen molar-refractivity contribution in [3.63, 3.8) is 0 Å². The molecule has 8 aromatic rings. The molecule has 15 rings (SSSR count). The summed E-state index contributed by atoms with van der Waals surface area (Å²) in [5.74, 6) is 3.20. The number of aryl methyl sites for hydroxylation is 2. The van der Waals surface area contributed by atoms with Gasteiger partial charge in [0, 0.05) is 27.9 Å². The van der Waals surface area contributed by atoms with E-state index in [2.05, 4.69) is 209 Å². The molecule has 7 aliphatic carbocycles. The molecular weight excluding hydrogens is 783 g/mol. The zero-order valence-electron chi connectivity index (χ0n) is 38.0. The fourth-order valence-corrected chi connectivity index (χ4v) is 15.5. The number of hydrogen-bond donors (Lipinski definition) is 0. The molecule has 65 heavy (non-hydrogen) atoms. The largest absolute Gasteiger partial charge is 0.310 e. The van der Waals surface area contributed by atoms with Crippen LogP contribution in [0.4, 0.5) is 17.1 Å². The Bertz CT molecular complexity index is 3210. The van der Waals surface area contributed by atoms with Crippen LogP contribution in [0.15, 0.2) is 176 Å². The van der Waals surface area contributed by atoms with E-state index < -0.39 is 5.41 Å². The Morgan fingerprint density at radius 2 is 0.877 bits per heavy atom. The summed E-state index contributed by atoms with van der Waals surface area (Å²) in [6, 6.07) is 68.7. The van der Waals surface area contributed by atoms with Gasteiger partial charge in [0.15, 0.2) is 0 Å². The summed E-state index contributed by atoms with van der Waals surface area (Å²) in [6.07, 6.45) is 6.96. The second-order valence-electron chi connectivity index (χ2n) is 21.4. The molecule has 0 unspecified atom stereocenters. The average molecular weight is 838 g/mol. The van der Waals surface area contributed by atoms with Crippen LogP contribution in [-0.4, -0.2) is 0 Å². The summed E-state index contributed by atoms with van der Waals surface area (Å²) in [4.78, 5) is 2.61. The third kappa shape index (κ3) is 4.94. The van der Waals surface area contributed by atoms with E-state index >= 15 is 0 Å². The third-order valence-electron chi connectivity index (χ3n) is 17.8. The second kappa shape index (κ2) is 13.3. The van der Waals surface area contributed by atoms with Gasteiger partial charge in [-0.1, -0.05) is 165 Å². The van der Waals surface area contributed by atoms with Gasteiger partial charge in [-0.15, -0.1) is 0 Å². The van der Waals surface area contributed by atoms with E-state index in [1.165, 1.54) is 127 Å². The van der Waals surface area contributed by atoms with Crippen LogP contribution in [0.5, 0.6) is 0 Å². The molecule has 4 bridgehead atoms. The molecule has 0 atom stereocenters. The molecule has 316 valence electrons. The highest BCUT2D eigenvalue weighted by molar-refractivity contribution is 5.92. The highest BCUT2D eigenvalue weighted by Gasteiger charge is 2.62. The van der Waals surface area contributed by atoms with Gasteiger partial charge in [-0.2, -0.15) is 0 Å². The molecule has 0 aromatic heterocycles. The first-order valence-electron chi connectivity index (χ1n) is 24.4. The number of nitrogens with zero attached hydrogens (tertiary/aromatic N) is 1. The van der Waals surface area contributed by atoms with Crippen molar-refractivity contribution in [3.05, 3.63) is 232 Å². The van der Waals surface area contributed by atoms with E-state index in [0.717, 1.165) is 11.8 Å². The van der Waals surface area contributed by atoms with Crippen LogP contribution < -0.4 is 4.90 Å². The topological polar surface area (TPSA) is 3.24 Å². The van der Waals surface area contributed by atoms with Crippen LogP contribution in [0, 0.1) is 37.5 Å². The fourth-order valence-electron chi connectivity index (χ4n) is 15.5. The maximum Gasteiger partial charge on any atom is 0.0720 e. The zero-order valence-corrected chi connectivity index (χ0v) is 38.0. The number of anilines is 3. The lowest BCUT2D eigenvalue weighted by atomic mass is 9.43. The van der Waals surface area contributed by atoms with E-state index in [1.54, 1.807) is 11.1 Å². The minimum Gasteiger partial charge on any atom is -0.310 e. The molecular formula is C64H55N. The Kier molecular flexibility index (Phi) is 7.77. The van der Waals surface area contributed by atoms with Crippen molar-refractivity contribution in [1.29, 1.82) is 0 Å². The van der Waals surface area contributed by atoms with Crippen molar-refractivity contribution in [2.75, 3.05) is 4.90 Å². The number of rotatable bonds is 4. The first kappa shape index (κ1) is 37.9. The predicted molar refractivity (Wildman–Crippen MR) is 269 cm³/mol. The first-order chi connectivity index (χ1) is 31.7. The summed E-state index contributed by atoms with van der Waals surface area (Å²) in [7, 11) is 0. The maximum absolute atomic E-state index is 2.67. The smallest absolute Gasteiger partial charge is 0.0720 e. The predicted octanol–water partition coefficient (Wildman–Crippen LogP) is 16.2. The molecule has 0 radical (unpaired) electrons. The maximum atomic E-state index is 2.67. The van der Waals surface area contributed by atoms with Crippen LogP contribution in [0.1, 0.15) is 102 Å². The summed E-state index contributed by atoms with van der Waals surface area (Å²) in [5.41, 5.74) is 25.4. The van der Waals surface area contributed by atoms with Crippen LogP contribution in [0.3, 0.4) is 0 Å². The lowest BCUT2D eigenvalue weighted by molar-refractivity contribution is -0.0399. The Hall–Kier alpha value is -6.44. The van der Waals surface area contributed by atoms with E-state index in [9.17, 15) is 0 Å². The van der Waals surface area contributed by atoms with Gasteiger partial charge in [-0.25, -0.2) is 0 Å². The summed E-state index contributed by atoms with van der Waals surface area (Å²) in [6.45, 7) is 9.40. The molecule has 0 heterocycles. The molecule has 0 amide bonds. The summed E-state index contributed by atoms with van der Waals surface area (Å²) in [5, 5.41) is 0. The average Bonchev–Trinajstić information content (AvgIpc) is 3.78. The Morgan fingerprint density at radius 1 is 0.369 bits per heavy atom. The van der Waals surface area contributed by atoms with E-state index in [-0.39, 0.29) is 10.8 Å². The quantitative estimate of drug-likeness (QED) is 0.171. The molecule has 2 spiro atoms. The van der Waals surface area contributed by atoms with Gasteiger partial charge in [0.1, 0.15) is 0 Å². The minimum absolute atomic E-state index is 0.0785. The molecule has 0 N–H and O–H groups in total. The van der Waals surface area contributed by atoms with Gasteiger partial charge in [0.2, 0.25) is 0 Å². The third-order valence-corrected chi connectivity index (χ3v) is 17.8. The molecule has 1 heteroatoms. The Morgan fingerprint density at radius 3 is 1.52 bits per heavy atom. The summed E-state index contributed by atoms with van der Waals surface area (Å²) >= 11 is 0. The fraction of sp³-hybridized carbons (Fsp3) is 0.250. The van der Waals surface area contributed by atoms with Crippen LogP contribution >= 0.6 is 0 Å². The van der Waals surface area contributed by atoms with Crippen molar-refractivity contribution < 1.29 is 0 Å². The van der Waals surface area contributed by atoms with E-state index in [0.29, 0.717) is 11.8 Å². The van der Waals surface area contributed by atoms with Gasteiger partial charge in [-0.05, 0) is 184 Å². The first-order valence-corrected chi connectivity index (χ1v) is 24.4. The van der Waals surface area contributed by atoms with Crippen molar-refractivity contribution in [1.82, 2.24) is 0 Å². The normalized spacial score (nSPS) is 23.7. The van der Waals surface area contributed by atoms with Crippen LogP contribution in [-0.2, 0) is 16.2 Å². The molecule has 7 aliphatic rings. The molecule has 0 saturated heterocycles. The molecule has 8 aromatic carbocycles. The van der Waals surface area contributed by atoms with Crippen molar-refractivity contribution in [2.24, 2.45) is 23.7 Å². The van der Waals surface area contributed by atoms with Crippen molar-refractivity contribution in [3.8, 4) is 33.4 Å². The standard InChI is InChI=1S/C64H55N/c1-39-21-27-56-60(29-39)62(3,4)61-30-40(2)22-28-57(61)64(56)55-20-11-9-18-51(55)53-26-24-49(38-59(53)64)65(47-16-12-15-44(36-47)43-13-6-5-7-14-43)48-23-25-52-50-17-8-10-19-54(50)63(58(52)37-48)45-32-41-31-42(34-45)35-46(63)33-41/h5-30,36-38,41-42,45-46H,31-35H2,1-4H3. The molecule has 4 fully saturated rings. The van der Waals surface area contributed by atoms with Gasteiger partial charge in [0.05, 0.1) is 5.41 Å². The number of hydrogen-bond acceptors (Lipinski definition) is 1. The Balaban J connectivity index is 1.04.